The quantitative estimate of drug-likeness (QED) is 0.423. The zero-order valence-electron chi connectivity index (χ0n) is 18.9. The van der Waals surface area contributed by atoms with Gasteiger partial charge < -0.3 is 0 Å². The lowest BCUT2D eigenvalue weighted by molar-refractivity contribution is -0.0813. The van der Waals surface area contributed by atoms with E-state index in [0.717, 1.165) is 47.6 Å². The van der Waals surface area contributed by atoms with E-state index in [1.165, 1.54) is 64.3 Å². The lowest BCUT2D eigenvalue weighted by atomic mass is 9.44. The van der Waals surface area contributed by atoms with Gasteiger partial charge in [0.05, 0.1) is 0 Å². The lowest BCUT2D eigenvalue weighted by Gasteiger charge is -2.60. The number of nitrogens with zero attached hydrogens (tertiary/aromatic N) is 1. The summed E-state index contributed by atoms with van der Waals surface area (Å²) >= 11 is 0. The van der Waals surface area contributed by atoms with Crippen molar-refractivity contribution in [3.63, 3.8) is 0 Å². The molecular weight excluding hydrogens is 338 g/mol. The summed E-state index contributed by atoms with van der Waals surface area (Å²) in [6, 6.07) is 1.88. The first-order valence-electron chi connectivity index (χ1n) is 12.9. The Morgan fingerprint density at radius 2 is 1.82 bits per heavy atom. The molecule has 5 fully saturated rings. The Labute approximate surface area is 173 Å². The van der Waals surface area contributed by atoms with Crippen molar-refractivity contribution in [2.75, 3.05) is 6.54 Å². The normalized spacial score (nSPS) is 58.2. The summed E-state index contributed by atoms with van der Waals surface area (Å²) < 4.78 is 0. The van der Waals surface area contributed by atoms with E-state index in [9.17, 15) is 0 Å². The van der Waals surface area contributed by atoms with Gasteiger partial charge in [0.2, 0.25) is 0 Å². The number of allylic oxidation sites excluding steroid dienone is 2. The highest BCUT2D eigenvalue weighted by molar-refractivity contribution is 5.26. The van der Waals surface area contributed by atoms with Crippen molar-refractivity contribution in [2.45, 2.75) is 104 Å². The molecule has 28 heavy (non-hydrogen) atoms. The minimum Gasteiger partial charge on any atom is -0.297 e. The van der Waals surface area contributed by atoms with Gasteiger partial charge in [-0.15, -0.1) is 0 Å². The van der Waals surface area contributed by atoms with Gasteiger partial charge in [-0.2, -0.15) is 0 Å². The van der Waals surface area contributed by atoms with E-state index in [4.69, 9.17) is 0 Å². The number of rotatable bonds is 0. The first-order valence-corrected chi connectivity index (χ1v) is 12.9. The van der Waals surface area contributed by atoms with Crippen LogP contribution in [0.5, 0.6) is 0 Å². The molecule has 0 aromatic rings. The second-order valence-corrected chi connectivity index (χ2v) is 12.6. The minimum atomic E-state index is 0.538. The number of hydrogen-bond donors (Lipinski definition) is 0. The fourth-order valence-corrected chi connectivity index (χ4v) is 10.1. The third-order valence-electron chi connectivity index (χ3n) is 11.8. The van der Waals surface area contributed by atoms with E-state index in [-0.39, 0.29) is 0 Å². The second-order valence-electron chi connectivity index (χ2n) is 12.6. The largest absolute Gasteiger partial charge is 0.297 e. The average molecular weight is 382 g/mol. The van der Waals surface area contributed by atoms with Gasteiger partial charge in [0, 0.05) is 12.1 Å². The summed E-state index contributed by atoms with van der Waals surface area (Å²) in [6.07, 6.45) is 17.6. The van der Waals surface area contributed by atoms with Crippen molar-refractivity contribution >= 4 is 0 Å². The fraction of sp³-hybridized carbons (Fsp3) is 0.926. The van der Waals surface area contributed by atoms with Gasteiger partial charge in [-0.25, -0.2) is 0 Å². The van der Waals surface area contributed by atoms with Crippen molar-refractivity contribution in [1.82, 2.24) is 4.90 Å². The predicted molar refractivity (Wildman–Crippen MR) is 117 cm³/mol. The Kier molecular flexibility index (Phi) is 4.03. The van der Waals surface area contributed by atoms with E-state index in [1.807, 2.05) is 5.57 Å². The van der Waals surface area contributed by atoms with Crippen LogP contribution in [0, 0.1) is 46.3 Å². The maximum atomic E-state index is 3.02. The van der Waals surface area contributed by atoms with Crippen LogP contribution in [0.4, 0.5) is 0 Å². The van der Waals surface area contributed by atoms with E-state index in [0.29, 0.717) is 10.8 Å². The molecule has 0 aromatic heterocycles. The summed E-state index contributed by atoms with van der Waals surface area (Å²) in [5, 5.41) is 0. The summed E-state index contributed by atoms with van der Waals surface area (Å²) in [7, 11) is 0. The molecule has 6 rings (SSSR count). The molecule has 0 radical (unpaired) electrons. The van der Waals surface area contributed by atoms with Crippen LogP contribution >= 0.6 is 0 Å². The molecule has 156 valence electrons. The lowest BCUT2D eigenvalue weighted by Crippen LogP contribution is -2.53. The molecular formula is C27H43N. The molecule has 10 atom stereocenters. The zero-order valence-corrected chi connectivity index (χ0v) is 18.9. The van der Waals surface area contributed by atoms with Crippen molar-refractivity contribution < 1.29 is 0 Å². The molecule has 0 aromatic carbocycles. The van der Waals surface area contributed by atoms with Crippen LogP contribution in [0.25, 0.3) is 0 Å². The highest BCUT2D eigenvalue weighted by Crippen LogP contribution is 2.70. The van der Waals surface area contributed by atoms with Crippen LogP contribution in [0.3, 0.4) is 0 Å². The fourth-order valence-electron chi connectivity index (χ4n) is 10.1. The molecule has 3 saturated carbocycles. The van der Waals surface area contributed by atoms with Gasteiger partial charge in [-0.05, 0) is 111 Å². The zero-order chi connectivity index (χ0) is 19.3. The second kappa shape index (κ2) is 6.12. The van der Waals surface area contributed by atoms with Crippen LogP contribution in [0.15, 0.2) is 11.6 Å². The van der Waals surface area contributed by atoms with Gasteiger partial charge in [-0.1, -0.05) is 45.8 Å². The Morgan fingerprint density at radius 3 is 2.68 bits per heavy atom. The Bertz CT molecular complexity index is 680. The highest BCUT2D eigenvalue weighted by Gasteiger charge is 2.66. The smallest absolute Gasteiger partial charge is 0.0135 e. The van der Waals surface area contributed by atoms with E-state index >= 15 is 0 Å². The van der Waals surface area contributed by atoms with Crippen LogP contribution in [0.1, 0.15) is 91.9 Å². The van der Waals surface area contributed by atoms with Crippen LogP contribution in [0.2, 0.25) is 0 Å². The summed E-state index contributed by atoms with van der Waals surface area (Å²) in [6.45, 7) is 12.0. The minimum absolute atomic E-state index is 0.538. The third kappa shape index (κ3) is 2.24. The summed E-state index contributed by atoms with van der Waals surface area (Å²) in [5.41, 5.74) is 3.03. The van der Waals surface area contributed by atoms with E-state index in [1.54, 1.807) is 6.42 Å². The summed E-state index contributed by atoms with van der Waals surface area (Å²) in [4.78, 5) is 3.02. The molecule has 10 unspecified atom stereocenters. The molecule has 0 amide bonds. The molecule has 1 nitrogen and oxygen atoms in total. The molecule has 2 aliphatic heterocycles. The molecule has 6 aliphatic rings. The topological polar surface area (TPSA) is 3.24 Å². The first kappa shape index (κ1) is 18.5. The molecule has 0 N–H and O–H groups in total. The molecule has 2 saturated heterocycles. The SMILES string of the molecule is CC1CCC2(C)C(=CCC3C2CC(C)C2(C)C3CC3C2CC2CCCCN23)C1. The van der Waals surface area contributed by atoms with Crippen LogP contribution in [-0.2, 0) is 0 Å². The van der Waals surface area contributed by atoms with E-state index < -0.39 is 0 Å². The van der Waals surface area contributed by atoms with Crippen LogP contribution < -0.4 is 0 Å². The Hall–Kier alpha value is -0.300. The van der Waals surface area contributed by atoms with E-state index in [2.05, 4.69) is 38.7 Å². The predicted octanol–water partition coefficient (Wildman–Crippen LogP) is 6.68. The molecule has 0 spiro atoms. The third-order valence-corrected chi connectivity index (χ3v) is 11.8. The van der Waals surface area contributed by atoms with Gasteiger partial charge >= 0.3 is 0 Å². The van der Waals surface area contributed by atoms with Crippen molar-refractivity contribution in [2.24, 2.45) is 46.3 Å². The number of fused-ring (bicyclic) bond motifs is 9. The Morgan fingerprint density at radius 1 is 0.964 bits per heavy atom. The number of hydrogen-bond acceptors (Lipinski definition) is 1. The summed E-state index contributed by atoms with van der Waals surface area (Å²) in [5.74, 6) is 5.80. The molecule has 1 heteroatoms. The number of piperidine rings is 1. The van der Waals surface area contributed by atoms with Crippen molar-refractivity contribution in [3.8, 4) is 0 Å². The van der Waals surface area contributed by atoms with Crippen molar-refractivity contribution in [3.05, 3.63) is 11.6 Å². The van der Waals surface area contributed by atoms with Gasteiger partial charge in [0.15, 0.2) is 0 Å². The standard InChI is InChI=1S/C27H43N/c1-17-10-11-26(3)19(13-17)8-9-21-22(26)14-18(2)27(4)23(21)16-25-24(27)15-20-7-5-6-12-28(20)25/h8,17-18,20-25H,5-7,9-16H2,1-4H3. The molecule has 2 heterocycles. The van der Waals surface area contributed by atoms with Crippen LogP contribution in [-0.4, -0.2) is 23.5 Å². The van der Waals surface area contributed by atoms with Gasteiger partial charge in [0.25, 0.3) is 0 Å². The maximum Gasteiger partial charge on any atom is 0.0135 e. The monoisotopic (exact) mass is 381 g/mol. The highest BCUT2D eigenvalue weighted by atomic mass is 15.2. The Balaban J connectivity index is 1.35. The molecule has 4 aliphatic carbocycles. The van der Waals surface area contributed by atoms with Crippen molar-refractivity contribution in [1.29, 1.82) is 0 Å². The van der Waals surface area contributed by atoms with Gasteiger partial charge in [0.1, 0.15) is 0 Å². The van der Waals surface area contributed by atoms with Gasteiger partial charge in [-0.3, -0.25) is 4.90 Å². The average Bonchev–Trinajstić information content (AvgIpc) is 3.19. The molecule has 0 bridgehead atoms. The first-order chi connectivity index (χ1) is 13.4. The maximum absolute atomic E-state index is 3.02.